The first-order chi connectivity index (χ1) is 14.7. The normalized spacial score (nSPS) is 10.9. The average Bonchev–Trinajstić information content (AvgIpc) is 2.75. The van der Waals surface area contributed by atoms with Gasteiger partial charge in [-0.05, 0) is 55.8 Å². The topological polar surface area (TPSA) is 104 Å². The fourth-order valence-corrected chi connectivity index (χ4v) is 4.15. The summed E-state index contributed by atoms with van der Waals surface area (Å²) in [5.41, 5.74) is 7.04. The van der Waals surface area contributed by atoms with E-state index in [4.69, 9.17) is 11.6 Å². The second-order valence-electron chi connectivity index (χ2n) is 6.84. The van der Waals surface area contributed by atoms with Gasteiger partial charge in [0, 0.05) is 11.1 Å². The molecular formula is C22H20ClN3O4S. The molecule has 160 valence electrons. The van der Waals surface area contributed by atoms with Crippen LogP contribution in [0.15, 0.2) is 71.6 Å². The van der Waals surface area contributed by atoms with Gasteiger partial charge in [-0.15, -0.1) is 0 Å². The number of sulfonamides is 1. The van der Waals surface area contributed by atoms with Gasteiger partial charge in [-0.2, -0.15) is 0 Å². The number of hydrazine groups is 1. The summed E-state index contributed by atoms with van der Waals surface area (Å²) in [4.78, 5) is 24.7. The highest BCUT2D eigenvalue weighted by Gasteiger charge is 2.18. The Hall–Kier alpha value is -3.36. The Morgan fingerprint density at radius 1 is 0.839 bits per heavy atom. The molecule has 0 radical (unpaired) electrons. The standard InChI is InChI=1S/C22H20ClN3O4S/c1-14-10-11-15(2)18(12-14)22(28)25-24-21(27)16-6-5-7-17(13-16)31(29,30)26-20-9-4-3-8-19(20)23/h3-13,26H,1-2H3,(H,24,27)(H,25,28). The van der Waals surface area contributed by atoms with Crippen LogP contribution in [-0.4, -0.2) is 20.2 Å². The molecule has 3 N–H and O–H groups in total. The quantitative estimate of drug-likeness (QED) is 0.506. The molecule has 7 nitrogen and oxygen atoms in total. The maximum Gasteiger partial charge on any atom is 0.269 e. The first-order valence-corrected chi connectivity index (χ1v) is 11.1. The van der Waals surface area contributed by atoms with Crippen LogP contribution in [0.5, 0.6) is 0 Å². The molecule has 0 aliphatic carbocycles. The zero-order chi connectivity index (χ0) is 22.6. The van der Waals surface area contributed by atoms with E-state index in [1.54, 1.807) is 31.2 Å². The maximum atomic E-state index is 12.7. The molecule has 31 heavy (non-hydrogen) atoms. The number of rotatable bonds is 5. The number of hydrogen-bond donors (Lipinski definition) is 3. The Morgan fingerprint density at radius 2 is 1.55 bits per heavy atom. The lowest BCUT2D eigenvalue weighted by atomic mass is 10.1. The van der Waals surface area contributed by atoms with Crippen molar-refractivity contribution in [2.75, 3.05) is 4.72 Å². The van der Waals surface area contributed by atoms with E-state index < -0.39 is 21.8 Å². The van der Waals surface area contributed by atoms with Crippen LogP contribution in [-0.2, 0) is 10.0 Å². The van der Waals surface area contributed by atoms with E-state index in [1.165, 1.54) is 30.3 Å². The molecule has 0 aliphatic heterocycles. The van der Waals surface area contributed by atoms with E-state index in [-0.39, 0.29) is 21.2 Å². The summed E-state index contributed by atoms with van der Waals surface area (Å²) in [5.74, 6) is -1.13. The molecule has 0 fully saturated rings. The molecular weight excluding hydrogens is 438 g/mol. The monoisotopic (exact) mass is 457 g/mol. The van der Waals surface area contributed by atoms with Gasteiger partial charge in [0.2, 0.25) is 0 Å². The summed E-state index contributed by atoms with van der Waals surface area (Å²) >= 11 is 6.01. The number of nitrogens with one attached hydrogen (secondary N) is 3. The summed E-state index contributed by atoms with van der Waals surface area (Å²) in [6.45, 7) is 3.65. The third-order valence-electron chi connectivity index (χ3n) is 4.45. The van der Waals surface area contributed by atoms with Gasteiger partial charge in [-0.25, -0.2) is 8.42 Å². The van der Waals surface area contributed by atoms with Gasteiger partial charge in [0.1, 0.15) is 0 Å². The van der Waals surface area contributed by atoms with Crippen LogP contribution in [0.1, 0.15) is 31.8 Å². The molecule has 0 saturated heterocycles. The molecule has 0 aromatic heterocycles. The third kappa shape index (κ3) is 5.42. The Morgan fingerprint density at radius 3 is 2.29 bits per heavy atom. The third-order valence-corrected chi connectivity index (χ3v) is 6.14. The molecule has 2 amide bonds. The summed E-state index contributed by atoms with van der Waals surface area (Å²) in [6, 6.07) is 17.2. The number of carbonyl (C=O) groups is 2. The van der Waals surface area contributed by atoms with Gasteiger partial charge in [0.25, 0.3) is 21.8 Å². The average molecular weight is 458 g/mol. The van der Waals surface area contributed by atoms with E-state index >= 15 is 0 Å². The molecule has 0 bridgehead atoms. The van der Waals surface area contributed by atoms with Gasteiger partial charge < -0.3 is 0 Å². The fourth-order valence-electron chi connectivity index (χ4n) is 2.79. The molecule has 0 aliphatic rings. The fraction of sp³-hybridized carbons (Fsp3) is 0.0909. The summed E-state index contributed by atoms with van der Waals surface area (Å²) in [7, 11) is -3.98. The minimum atomic E-state index is -3.98. The molecule has 0 saturated carbocycles. The molecule has 0 spiro atoms. The van der Waals surface area contributed by atoms with Crippen LogP contribution in [0.4, 0.5) is 5.69 Å². The SMILES string of the molecule is Cc1ccc(C)c(C(=O)NNC(=O)c2cccc(S(=O)(=O)Nc3ccccc3Cl)c2)c1. The number of halogens is 1. The van der Waals surface area contributed by atoms with Crippen molar-refractivity contribution in [1.82, 2.24) is 10.9 Å². The summed E-state index contributed by atoms with van der Waals surface area (Å²) in [5, 5.41) is 0.245. The first-order valence-electron chi connectivity index (χ1n) is 9.23. The van der Waals surface area contributed by atoms with Gasteiger partial charge in [-0.3, -0.25) is 25.2 Å². The number of amides is 2. The van der Waals surface area contributed by atoms with Crippen molar-refractivity contribution in [1.29, 1.82) is 0 Å². The number of hydrogen-bond acceptors (Lipinski definition) is 4. The van der Waals surface area contributed by atoms with Crippen molar-refractivity contribution in [3.63, 3.8) is 0 Å². The minimum absolute atomic E-state index is 0.0586. The van der Waals surface area contributed by atoms with Gasteiger partial charge in [0.15, 0.2) is 0 Å². The first kappa shape index (κ1) is 22.3. The molecule has 3 aromatic rings. The van der Waals surface area contributed by atoms with Gasteiger partial charge in [0.05, 0.1) is 15.6 Å². The number of para-hydroxylation sites is 1. The van der Waals surface area contributed by atoms with E-state index in [0.29, 0.717) is 5.56 Å². The van der Waals surface area contributed by atoms with Crippen molar-refractivity contribution in [2.24, 2.45) is 0 Å². The maximum absolute atomic E-state index is 12.7. The number of benzene rings is 3. The molecule has 0 unspecified atom stereocenters. The van der Waals surface area contributed by atoms with Crippen LogP contribution in [0.2, 0.25) is 5.02 Å². The highest BCUT2D eigenvalue weighted by molar-refractivity contribution is 7.92. The van der Waals surface area contributed by atoms with Crippen LogP contribution < -0.4 is 15.6 Å². The van der Waals surface area contributed by atoms with Crippen molar-refractivity contribution in [2.45, 2.75) is 18.7 Å². The number of carbonyl (C=O) groups excluding carboxylic acids is 2. The zero-order valence-corrected chi connectivity index (χ0v) is 18.3. The van der Waals surface area contributed by atoms with Crippen molar-refractivity contribution in [3.05, 3.63) is 94.0 Å². The largest absolute Gasteiger partial charge is 0.278 e. The second kappa shape index (κ2) is 9.20. The Kier molecular flexibility index (Phi) is 6.62. The van der Waals surface area contributed by atoms with Gasteiger partial charge in [-0.1, -0.05) is 47.5 Å². The van der Waals surface area contributed by atoms with Crippen molar-refractivity contribution < 1.29 is 18.0 Å². The van der Waals surface area contributed by atoms with Gasteiger partial charge >= 0.3 is 0 Å². The van der Waals surface area contributed by atoms with Crippen molar-refractivity contribution >= 4 is 39.1 Å². The lowest BCUT2D eigenvalue weighted by Crippen LogP contribution is -2.42. The smallest absolute Gasteiger partial charge is 0.269 e. The van der Waals surface area contributed by atoms with Crippen LogP contribution in [0, 0.1) is 13.8 Å². The predicted octanol–water partition coefficient (Wildman–Crippen LogP) is 3.83. The van der Waals surface area contributed by atoms with Crippen LogP contribution >= 0.6 is 11.6 Å². The summed E-state index contributed by atoms with van der Waals surface area (Å²) < 4.78 is 27.7. The van der Waals surface area contributed by atoms with Crippen LogP contribution in [0.3, 0.4) is 0 Å². The highest BCUT2D eigenvalue weighted by Crippen LogP contribution is 2.24. The number of anilines is 1. The second-order valence-corrected chi connectivity index (χ2v) is 8.93. The van der Waals surface area contributed by atoms with E-state index in [1.807, 2.05) is 19.1 Å². The van der Waals surface area contributed by atoms with E-state index in [0.717, 1.165) is 11.1 Å². The van der Waals surface area contributed by atoms with E-state index in [2.05, 4.69) is 15.6 Å². The lowest BCUT2D eigenvalue weighted by Gasteiger charge is -2.12. The molecule has 9 heteroatoms. The zero-order valence-electron chi connectivity index (χ0n) is 16.8. The lowest BCUT2D eigenvalue weighted by molar-refractivity contribution is 0.0846. The Balaban J connectivity index is 1.73. The summed E-state index contributed by atoms with van der Waals surface area (Å²) in [6.07, 6.45) is 0. The number of aryl methyl sites for hydroxylation is 2. The Bertz CT molecular complexity index is 1260. The molecule has 0 atom stereocenters. The van der Waals surface area contributed by atoms with Crippen LogP contribution in [0.25, 0.3) is 0 Å². The molecule has 3 rings (SSSR count). The predicted molar refractivity (Wildman–Crippen MR) is 120 cm³/mol. The molecule has 0 heterocycles. The van der Waals surface area contributed by atoms with E-state index in [9.17, 15) is 18.0 Å². The Labute approximate surface area is 185 Å². The minimum Gasteiger partial charge on any atom is -0.278 e. The molecule has 3 aromatic carbocycles. The van der Waals surface area contributed by atoms with Crippen molar-refractivity contribution in [3.8, 4) is 0 Å². The highest BCUT2D eigenvalue weighted by atomic mass is 35.5.